The molecular weight excluding hydrogens is 194 g/mol. The molecule has 1 heterocycles. The van der Waals surface area contributed by atoms with E-state index in [2.05, 4.69) is 14.7 Å². The molecule has 1 aromatic rings. The van der Waals surface area contributed by atoms with Crippen molar-refractivity contribution in [3.63, 3.8) is 0 Å². The summed E-state index contributed by atoms with van der Waals surface area (Å²) in [5.41, 5.74) is -0.210. The molecule has 0 atom stereocenters. The SMILES string of the molecule is [2H]C([2H])([2H])C([2H])([2H])Oc1ncc(B(O)O)c(Cl)n1. The zero-order valence-corrected chi connectivity index (χ0v) is 6.99. The van der Waals surface area contributed by atoms with Crippen LogP contribution in [0.4, 0.5) is 0 Å². The lowest BCUT2D eigenvalue weighted by Gasteiger charge is -2.03. The van der Waals surface area contributed by atoms with Gasteiger partial charge in [-0.05, 0) is 6.85 Å². The summed E-state index contributed by atoms with van der Waals surface area (Å²) in [5.74, 6) is 0. The van der Waals surface area contributed by atoms with E-state index in [0.717, 1.165) is 6.20 Å². The number of hydrogen-bond acceptors (Lipinski definition) is 5. The van der Waals surface area contributed by atoms with Crippen molar-refractivity contribution < 1.29 is 21.6 Å². The van der Waals surface area contributed by atoms with Gasteiger partial charge in [-0.3, -0.25) is 0 Å². The second-order valence-electron chi connectivity index (χ2n) is 1.98. The van der Waals surface area contributed by atoms with Crippen LogP contribution in [0.25, 0.3) is 0 Å². The van der Waals surface area contributed by atoms with E-state index in [9.17, 15) is 0 Å². The minimum Gasteiger partial charge on any atom is -0.464 e. The Morgan fingerprint density at radius 1 is 1.85 bits per heavy atom. The van der Waals surface area contributed by atoms with E-state index < -0.39 is 26.5 Å². The fourth-order valence-corrected chi connectivity index (χ4v) is 0.842. The minimum atomic E-state index is -3.03. The summed E-state index contributed by atoms with van der Waals surface area (Å²) in [4.78, 5) is 6.85. The van der Waals surface area contributed by atoms with Crippen LogP contribution in [0.1, 0.15) is 13.7 Å². The van der Waals surface area contributed by atoms with E-state index in [1.807, 2.05) is 0 Å². The van der Waals surface area contributed by atoms with Gasteiger partial charge >= 0.3 is 13.1 Å². The Morgan fingerprint density at radius 3 is 3.15 bits per heavy atom. The molecule has 0 unspecified atom stereocenters. The first-order valence-corrected chi connectivity index (χ1v) is 3.50. The van der Waals surface area contributed by atoms with Crippen molar-refractivity contribution in [2.45, 2.75) is 6.85 Å². The highest BCUT2D eigenvalue weighted by Crippen LogP contribution is 2.06. The maximum Gasteiger partial charge on any atom is 0.493 e. The monoisotopic (exact) mass is 207 g/mol. The quantitative estimate of drug-likeness (QED) is 0.502. The summed E-state index contributed by atoms with van der Waals surface area (Å²) < 4.78 is 39.6. The lowest BCUT2D eigenvalue weighted by Crippen LogP contribution is -2.32. The molecule has 70 valence electrons. The molecule has 0 radical (unpaired) electrons. The van der Waals surface area contributed by atoms with Gasteiger partial charge in [-0.15, -0.1) is 0 Å². The second-order valence-corrected chi connectivity index (χ2v) is 2.33. The van der Waals surface area contributed by atoms with Gasteiger partial charge in [0.1, 0.15) is 5.15 Å². The molecule has 2 N–H and O–H groups in total. The molecule has 0 aromatic carbocycles. The first kappa shape index (κ1) is 5.14. The Kier molecular flexibility index (Phi) is 1.74. The molecule has 5 nitrogen and oxygen atoms in total. The third-order valence-electron chi connectivity index (χ3n) is 1.17. The first-order chi connectivity index (χ1) is 8.04. The fourth-order valence-electron chi connectivity index (χ4n) is 0.623. The standard InChI is InChI=1S/C6H8BClN2O3/c1-2-13-6-9-3-4(7(11)12)5(8)10-6/h3,11-12H,2H2,1H3/i1D3,2D2. The summed E-state index contributed by atoms with van der Waals surface area (Å²) in [7, 11) is -1.90. The van der Waals surface area contributed by atoms with E-state index in [0.29, 0.717) is 0 Å². The first-order valence-electron chi connectivity index (χ1n) is 5.62. The Bertz CT molecular complexity index is 444. The summed E-state index contributed by atoms with van der Waals surface area (Å²) in [6.07, 6.45) is 0.894. The molecule has 7 heteroatoms. The van der Waals surface area contributed by atoms with E-state index in [1.54, 1.807) is 0 Å². The van der Waals surface area contributed by atoms with Crippen LogP contribution in [0, 0.1) is 0 Å². The molecule has 1 aromatic heterocycles. The summed E-state index contributed by atoms with van der Waals surface area (Å²) in [5, 5.41) is 17.3. The minimum absolute atomic E-state index is 0.210. The fraction of sp³-hybridized carbons (Fsp3) is 0.333. The predicted molar refractivity (Wildman–Crippen MR) is 48.0 cm³/mol. The maximum absolute atomic E-state index is 8.84. The number of halogens is 1. The van der Waals surface area contributed by atoms with Gasteiger partial charge in [0.25, 0.3) is 0 Å². The Balaban J connectivity index is 2.97. The molecule has 0 aliphatic rings. The number of aromatic nitrogens is 2. The van der Waals surface area contributed by atoms with Gasteiger partial charge in [-0.2, -0.15) is 4.98 Å². The summed E-state index contributed by atoms with van der Waals surface area (Å²) in [6.45, 7) is -6.02. The molecule has 0 aliphatic heterocycles. The third-order valence-corrected chi connectivity index (χ3v) is 1.47. The highest BCUT2D eigenvalue weighted by atomic mass is 35.5. The largest absolute Gasteiger partial charge is 0.493 e. The van der Waals surface area contributed by atoms with Crippen molar-refractivity contribution in [2.24, 2.45) is 0 Å². The normalized spacial score (nSPS) is 17.6. The Hall–Kier alpha value is -0.845. The van der Waals surface area contributed by atoms with Crippen LogP contribution in [0.3, 0.4) is 0 Å². The molecule has 0 fully saturated rings. The van der Waals surface area contributed by atoms with Crippen molar-refractivity contribution in [1.29, 1.82) is 0 Å². The van der Waals surface area contributed by atoms with Crippen LogP contribution < -0.4 is 10.2 Å². The zero-order chi connectivity index (χ0) is 14.1. The van der Waals surface area contributed by atoms with Crippen molar-refractivity contribution in [2.75, 3.05) is 6.56 Å². The van der Waals surface area contributed by atoms with Crippen LogP contribution >= 0.6 is 11.6 Å². The smallest absolute Gasteiger partial charge is 0.464 e. The van der Waals surface area contributed by atoms with Gasteiger partial charge in [-0.1, -0.05) is 11.6 Å². The number of ether oxygens (including phenoxy) is 1. The molecule has 0 bridgehead atoms. The molecule has 0 saturated carbocycles. The molecule has 0 amide bonds. The highest BCUT2D eigenvalue weighted by Gasteiger charge is 2.17. The van der Waals surface area contributed by atoms with Crippen molar-refractivity contribution in [1.82, 2.24) is 9.97 Å². The number of hydrogen-bond donors (Lipinski definition) is 2. The highest BCUT2D eigenvalue weighted by molar-refractivity contribution is 6.62. The zero-order valence-electron chi connectivity index (χ0n) is 11.2. The lowest BCUT2D eigenvalue weighted by molar-refractivity contribution is 0.312. The van der Waals surface area contributed by atoms with Crippen LogP contribution in [-0.2, 0) is 0 Å². The van der Waals surface area contributed by atoms with Gasteiger partial charge in [0.05, 0.1) is 9.30 Å². The van der Waals surface area contributed by atoms with Crippen LogP contribution in [0.5, 0.6) is 6.01 Å². The van der Waals surface area contributed by atoms with Gasteiger partial charge in [0.15, 0.2) is 0 Å². The van der Waals surface area contributed by atoms with E-state index in [4.69, 9.17) is 28.5 Å². The number of rotatable bonds is 3. The average Bonchev–Trinajstić information content (AvgIpc) is 2.14. The van der Waals surface area contributed by atoms with Crippen molar-refractivity contribution in [3.8, 4) is 6.01 Å². The van der Waals surface area contributed by atoms with Gasteiger partial charge in [0, 0.05) is 15.8 Å². The summed E-state index contributed by atoms with van der Waals surface area (Å²) in [6, 6.07) is -0.620. The van der Waals surface area contributed by atoms with Crippen molar-refractivity contribution in [3.05, 3.63) is 11.3 Å². The predicted octanol–water partition coefficient (Wildman–Crippen LogP) is -0.792. The molecule has 0 spiro atoms. The van der Waals surface area contributed by atoms with Crippen LogP contribution in [0.2, 0.25) is 5.15 Å². The number of nitrogens with zero attached hydrogens (tertiary/aromatic N) is 2. The van der Waals surface area contributed by atoms with Gasteiger partial charge in [-0.25, -0.2) is 4.98 Å². The molecule has 1 rings (SSSR count). The lowest BCUT2D eigenvalue weighted by atomic mass is 9.83. The molecule has 0 aliphatic carbocycles. The van der Waals surface area contributed by atoms with E-state index >= 15 is 0 Å². The second kappa shape index (κ2) is 4.41. The van der Waals surface area contributed by atoms with E-state index in [1.165, 1.54) is 0 Å². The summed E-state index contributed by atoms with van der Waals surface area (Å²) >= 11 is 5.55. The van der Waals surface area contributed by atoms with Crippen LogP contribution in [0.15, 0.2) is 6.20 Å². The van der Waals surface area contributed by atoms with Gasteiger partial charge in [0.2, 0.25) is 0 Å². The van der Waals surface area contributed by atoms with E-state index in [-0.39, 0.29) is 10.6 Å². The maximum atomic E-state index is 8.84. The molecule has 0 saturated heterocycles. The topological polar surface area (TPSA) is 75.5 Å². The van der Waals surface area contributed by atoms with Gasteiger partial charge < -0.3 is 14.8 Å². The third kappa shape index (κ3) is 2.55. The average molecular weight is 207 g/mol. The van der Waals surface area contributed by atoms with Crippen LogP contribution in [-0.4, -0.2) is 33.7 Å². The Morgan fingerprint density at radius 2 is 2.62 bits per heavy atom. The molecule has 13 heavy (non-hydrogen) atoms. The Labute approximate surface area is 87.5 Å². The van der Waals surface area contributed by atoms with Crippen molar-refractivity contribution >= 4 is 24.2 Å². The molecular formula is C6H8BClN2O3.